The molecule has 2 N–H and O–H groups in total. The minimum atomic E-state index is -4.06. The van der Waals surface area contributed by atoms with Crippen molar-refractivity contribution in [3.63, 3.8) is 0 Å². The number of carboxylic acids is 1. The Balaban J connectivity index is 1.93. The highest BCUT2D eigenvalue weighted by Crippen LogP contribution is 2.41. The average molecular weight is 512 g/mol. The first-order valence-electron chi connectivity index (χ1n) is 10.3. The van der Waals surface area contributed by atoms with Gasteiger partial charge in [-0.05, 0) is 50.2 Å². The summed E-state index contributed by atoms with van der Waals surface area (Å²) < 4.78 is 42.2. The summed E-state index contributed by atoms with van der Waals surface area (Å²) in [4.78, 5) is 28.5. The normalized spacial score (nSPS) is 19.1. The van der Waals surface area contributed by atoms with Crippen molar-refractivity contribution in [1.29, 1.82) is 0 Å². The lowest BCUT2D eigenvalue weighted by molar-refractivity contribution is -0.140. The summed E-state index contributed by atoms with van der Waals surface area (Å²) in [6, 6.07) is 4.16. The van der Waals surface area contributed by atoms with Gasteiger partial charge in [0.1, 0.15) is 17.5 Å². The largest absolute Gasteiger partial charge is 0.497 e. The van der Waals surface area contributed by atoms with Crippen LogP contribution in [-0.4, -0.2) is 77.4 Å². The van der Waals surface area contributed by atoms with Crippen LogP contribution in [0, 0.1) is 0 Å². The third-order valence-corrected chi connectivity index (χ3v) is 6.65. The molecule has 0 spiro atoms. The van der Waals surface area contributed by atoms with E-state index in [0.29, 0.717) is 36.0 Å². The van der Waals surface area contributed by atoms with Crippen LogP contribution in [0.4, 0.5) is 5.69 Å². The maximum Gasteiger partial charge on any atom is 0.326 e. The van der Waals surface area contributed by atoms with Gasteiger partial charge >= 0.3 is 5.97 Å². The average Bonchev–Trinajstić information content (AvgIpc) is 3.22. The number of hydrogen-bond donors (Lipinski definition) is 2. The van der Waals surface area contributed by atoms with E-state index in [-0.39, 0.29) is 23.0 Å². The first kappa shape index (κ1) is 25.5. The van der Waals surface area contributed by atoms with Crippen LogP contribution in [0.5, 0.6) is 11.5 Å². The Kier molecular flexibility index (Phi) is 7.48. The summed E-state index contributed by atoms with van der Waals surface area (Å²) >= 11 is 5.25. The zero-order valence-corrected chi connectivity index (χ0v) is 20.4. The van der Waals surface area contributed by atoms with Gasteiger partial charge in [0, 0.05) is 25.7 Å². The molecule has 0 aliphatic carbocycles. The minimum Gasteiger partial charge on any atom is -0.497 e. The number of amides is 1. The highest BCUT2D eigenvalue weighted by molar-refractivity contribution is 7.85. The molecule has 0 bridgehead atoms. The highest BCUT2D eigenvalue weighted by Gasteiger charge is 2.40. The number of thiocarbonyl (C=S) groups is 1. The first-order chi connectivity index (χ1) is 15.9. The van der Waals surface area contributed by atoms with Crippen LogP contribution in [0.2, 0.25) is 0 Å². The highest BCUT2D eigenvalue weighted by atomic mass is 32.2. The number of unbranched alkanes of at least 4 members (excludes halogenated alkanes) is 1. The van der Waals surface area contributed by atoms with Gasteiger partial charge < -0.3 is 19.5 Å². The Bertz CT molecular complexity index is 1180. The number of allylic oxidation sites excluding steroid dienone is 2. The van der Waals surface area contributed by atoms with E-state index in [1.54, 1.807) is 23.1 Å². The van der Waals surface area contributed by atoms with E-state index in [4.69, 9.17) is 26.2 Å². The Labute approximate surface area is 202 Å². The van der Waals surface area contributed by atoms with Gasteiger partial charge in [0.05, 0.1) is 18.6 Å². The number of aliphatic carboxylic acids is 1. The summed E-state index contributed by atoms with van der Waals surface area (Å²) in [5.41, 5.74) is 0.789. The summed E-state index contributed by atoms with van der Waals surface area (Å²) in [7, 11) is -1.07. The van der Waals surface area contributed by atoms with Crippen molar-refractivity contribution in [2.24, 2.45) is 0 Å². The second-order valence-electron chi connectivity index (χ2n) is 7.67. The predicted octanol–water partition coefficient (Wildman–Crippen LogP) is 1.82. The lowest BCUT2D eigenvalue weighted by Gasteiger charge is -2.22. The third kappa shape index (κ3) is 5.32. The van der Waals surface area contributed by atoms with E-state index >= 15 is 0 Å². The van der Waals surface area contributed by atoms with Crippen molar-refractivity contribution in [3.05, 3.63) is 41.9 Å². The summed E-state index contributed by atoms with van der Waals surface area (Å²) in [6.45, 7) is 1.79. The molecule has 2 heterocycles. The molecule has 0 aromatic heterocycles. The van der Waals surface area contributed by atoms with Gasteiger partial charge in [-0.25, -0.2) is 4.79 Å². The number of anilines is 1. The van der Waals surface area contributed by atoms with E-state index in [2.05, 4.69) is 0 Å². The third-order valence-electron chi connectivity index (χ3n) is 5.38. The minimum absolute atomic E-state index is 0.0759. The molecule has 0 radical (unpaired) electrons. The predicted molar refractivity (Wildman–Crippen MR) is 127 cm³/mol. The van der Waals surface area contributed by atoms with Crippen LogP contribution in [0.1, 0.15) is 19.8 Å². The number of likely N-dealkylation sites (N-methyl/N-ethyl adjacent to an activating group) is 1. The quantitative estimate of drug-likeness (QED) is 0.217. The molecule has 1 saturated heterocycles. The first-order valence-corrected chi connectivity index (χ1v) is 12.3. The summed E-state index contributed by atoms with van der Waals surface area (Å²) in [6.07, 6.45) is 3.64. The second-order valence-corrected chi connectivity index (χ2v) is 9.61. The number of rotatable bonds is 9. The fourth-order valence-corrected chi connectivity index (χ4v) is 4.44. The Morgan fingerprint density at radius 3 is 2.62 bits per heavy atom. The lowest BCUT2D eigenvalue weighted by atomic mass is 10.2. The van der Waals surface area contributed by atoms with E-state index in [0.717, 1.165) is 0 Å². The van der Waals surface area contributed by atoms with E-state index in [9.17, 15) is 23.1 Å². The van der Waals surface area contributed by atoms with Crippen molar-refractivity contribution < 1.29 is 37.1 Å². The molecule has 3 rings (SSSR count). The summed E-state index contributed by atoms with van der Waals surface area (Å²) in [5, 5.41) is 9.51. The molecule has 1 fully saturated rings. The molecular weight excluding hydrogens is 486 g/mol. The van der Waals surface area contributed by atoms with Gasteiger partial charge in [-0.3, -0.25) is 19.1 Å². The van der Waals surface area contributed by atoms with E-state index in [1.807, 2.05) is 0 Å². The molecule has 184 valence electrons. The fourth-order valence-electron chi connectivity index (χ4n) is 3.53. The number of methoxy groups -OCH3 is 1. The van der Waals surface area contributed by atoms with Crippen molar-refractivity contribution in [3.8, 4) is 11.5 Å². The zero-order valence-electron chi connectivity index (χ0n) is 18.8. The van der Waals surface area contributed by atoms with Crippen LogP contribution in [0.15, 0.2) is 41.9 Å². The van der Waals surface area contributed by atoms with Crippen LogP contribution in [0.25, 0.3) is 0 Å². The Hall–Kier alpha value is -3.16. The van der Waals surface area contributed by atoms with Crippen LogP contribution < -0.4 is 14.4 Å². The maximum absolute atomic E-state index is 12.7. The Morgan fingerprint density at radius 1 is 1.29 bits per heavy atom. The van der Waals surface area contributed by atoms with Gasteiger partial charge in [0.2, 0.25) is 5.88 Å². The maximum atomic E-state index is 12.7. The van der Waals surface area contributed by atoms with Gasteiger partial charge in [-0.2, -0.15) is 8.42 Å². The van der Waals surface area contributed by atoms with Gasteiger partial charge in [0.25, 0.3) is 16.0 Å². The molecule has 2 aliphatic rings. The lowest BCUT2D eigenvalue weighted by Crippen LogP contribution is -2.40. The Morgan fingerprint density at radius 2 is 2.00 bits per heavy atom. The monoisotopic (exact) mass is 511 g/mol. The number of fused-ring (bicyclic) bond motifs is 1. The number of nitrogens with zero attached hydrogens (tertiary/aromatic N) is 3. The smallest absolute Gasteiger partial charge is 0.326 e. The second kappa shape index (κ2) is 9.99. The number of hydrogen-bond acceptors (Lipinski definition) is 8. The molecule has 11 nitrogen and oxygen atoms in total. The molecule has 1 unspecified atom stereocenters. The number of benzene rings is 1. The fraction of sp³-hybridized carbons (Fsp3) is 0.381. The molecule has 34 heavy (non-hydrogen) atoms. The molecular formula is C21H25N3O8S2. The number of carboxylic acid groups (broad SMARTS) is 1. The van der Waals surface area contributed by atoms with Crippen LogP contribution in [0.3, 0.4) is 0 Å². The van der Waals surface area contributed by atoms with Crippen molar-refractivity contribution in [2.45, 2.75) is 25.8 Å². The number of carbonyl (C=O) groups is 2. The topological polar surface area (TPSA) is 137 Å². The molecule has 0 saturated carbocycles. The standard InChI is InChI=1S/C21H25N3O8S2/c1-13(20(26)27)24-16(19(25)22(2)21(24)33)8-9-18-23(10-4-5-11-34(28,29)30)15-7-6-14(31-3)12-17(15)32-18/h6-9,12-13H,4-5,10-11H2,1-3H3,(H,26,27)(H,28,29,30). The summed E-state index contributed by atoms with van der Waals surface area (Å²) in [5.74, 6) is -0.531. The van der Waals surface area contributed by atoms with Gasteiger partial charge in [-0.15, -0.1) is 0 Å². The van der Waals surface area contributed by atoms with Crippen molar-refractivity contribution in [2.75, 3.05) is 31.4 Å². The molecule has 13 heteroatoms. The van der Waals surface area contributed by atoms with Crippen LogP contribution in [-0.2, 0) is 19.7 Å². The molecule has 1 atom stereocenters. The molecule has 1 amide bonds. The van der Waals surface area contributed by atoms with E-state index in [1.165, 1.54) is 43.0 Å². The number of ether oxygens (including phenoxy) is 2. The molecule has 1 aromatic rings. The van der Waals surface area contributed by atoms with Crippen molar-refractivity contribution >= 4 is 45.0 Å². The van der Waals surface area contributed by atoms with Gasteiger partial charge in [-0.1, -0.05) is 0 Å². The number of carbonyl (C=O) groups excluding carboxylic acids is 1. The molecule has 2 aliphatic heterocycles. The van der Waals surface area contributed by atoms with E-state index < -0.39 is 28.0 Å². The SMILES string of the molecule is COc1ccc2c(c1)OC(=CC=C1C(=O)N(C)C(=S)N1C(C)C(=O)O)N2CCCCS(=O)(=O)O. The molecule has 1 aromatic carbocycles. The van der Waals surface area contributed by atoms with Crippen LogP contribution >= 0.6 is 12.2 Å². The van der Waals surface area contributed by atoms with Gasteiger partial charge in [0.15, 0.2) is 10.9 Å². The van der Waals surface area contributed by atoms with Crippen molar-refractivity contribution in [1.82, 2.24) is 9.80 Å². The zero-order chi connectivity index (χ0) is 25.2.